The predicted molar refractivity (Wildman–Crippen MR) is 78.6 cm³/mol. The molecule has 0 atom stereocenters. The maximum atomic E-state index is 11.3. The van der Waals surface area contributed by atoms with E-state index >= 15 is 0 Å². The second-order valence-corrected chi connectivity index (χ2v) is 6.36. The Hall–Kier alpha value is -0.940. The summed E-state index contributed by atoms with van der Waals surface area (Å²) in [6.07, 6.45) is 7.50. The quantitative estimate of drug-likeness (QED) is 0.787. The van der Waals surface area contributed by atoms with E-state index < -0.39 is 0 Å². The van der Waals surface area contributed by atoms with Crippen LogP contribution in [0, 0.1) is 0 Å². The van der Waals surface area contributed by atoms with E-state index in [2.05, 4.69) is 21.3 Å². The van der Waals surface area contributed by atoms with Gasteiger partial charge in [0, 0.05) is 23.5 Å². The minimum absolute atomic E-state index is 0.317. The van der Waals surface area contributed by atoms with Gasteiger partial charge in [0.15, 0.2) is 0 Å². The van der Waals surface area contributed by atoms with Crippen LogP contribution in [0.1, 0.15) is 41.9 Å². The summed E-state index contributed by atoms with van der Waals surface area (Å²) in [5.74, 6) is -0.317. The Kier molecular flexibility index (Phi) is 4.93. The molecule has 5 heteroatoms. The van der Waals surface area contributed by atoms with E-state index in [-0.39, 0.29) is 5.97 Å². The maximum Gasteiger partial charge on any atom is 0.354 e. The summed E-state index contributed by atoms with van der Waals surface area (Å²) < 4.78 is 5.09. The molecule has 0 unspecified atom stereocenters. The van der Waals surface area contributed by atoms with Crippen molar-refractivity contribution in [3.63, 3.8) is 0 Å². The molecule has 1 aromatic rings. The molecule has 4 nitrogen and oxygen atoms in total. The first-order chi connectivity index (χ1) is 9.19. The van der Waals surface area contributed by atoms with E-state index in [4.69, 9.17) is 0 Å². The summed E-state index contributed by atoms with van der Waals surface area (Å²) in [5.41, 5.74) is 1.54. The molecule has 0 saturated heterocycles. The summed E-state index contributed by atoms with van der Waals surface area (Å²) in [6.45, 7) is 1.79. The van der Waals surface area contributed by atoms with Crippen LogP contribution in [0.25, 0.3) is 0 Å². The normalized spacial score (nSPS) is 17.6. The Balaban J connectivity index is 1.82. The van der Waals surface area contributed by atoms with Gasteiger partial charge in [-0.15, -0.1) is 0 Å². The highest BCUT2D eigenvalue weighted by Crippen LogP contribution is 2.39. The van der Waals surface area contributed by atoms with E-state index in [1.54, 1.807) is 6.07 Å². The van der Waals surface area contributed by atoms with E-state index in [1.807, 2.05) is 17.8 Å². The van der Waals surface area contributed by atoms with Crippen LogP contribution in [0.4, 0.5) is 0 Å². The fourth-order valence-electron chi connectivity index (χ4n) is 2.67. The number of hydrogen-bond donors (Lipinski definition) is 2. The van der Waals surface area contributed by atoms with Crippen molar-refractivity contribution in [3.05, 3.63) is 23.5 Å². The van der Waals surface area contributed by atoms with Crippen molar-refractivity contribution >= 4 is 17.7 Å². The number of aromatic nitrogens is 1. The van der Waals surface area contributed by atoms with Crippen molar-refractivity contribution in [2.24, 2.45) is 0 Å². The standard InChI is InChI=1S/C14H22N2O2S/c1-18-13(17)12-6-5-11(16-12)9-15-10-14(19-2)7-3-4-8-14/h5-6,15-16H,3-4,7-10H2,1-2H3. The molecular formula is C14H22N2O2S. The molecule has 1 aromatic heterocycles. The summed E-state index contributed by atoms with van der Waals surface area (Å²) in [5, 5.41) is 3.50. The number of rotatable bonds is 6. The lowest BCUT2D eigenvalue weighted by Crippen LogP contribution is -2.34. The summed E-state index contributed by atoms with van der Waals surface area (Å²) >= 11 is 1.98. The number of esters is 1. The highest BCUT2D eigenvalue weighted by molar-refractivity contribution is 8.00. The molecule has 106 valence electrons. The Labute approximate surface area is 118 Å². The van der Waals surface area contributed by atoms with Gasteiger partial charge in [-0.05, 0) is 31.2 Å². The van der Waals surface area contributed by atoms with E-state index in [1.165, 1.54) is 32.8 Å². The van der Waals surface area contributed by atoms with E-state index in [9.17, 15) is 4.79 Å². The molecule has 1 aliphatic rings. The maximum absolute atomic E-state index is 11.3. The van der Waals surface area contributed by atoms with Crippen molar-refractivity contribution in [1.82, 2.24) is 10.3 Å². The SMILES string of the molecule is COC(=O)c1ccc(CNCC2(SC)CCCC2)[nH]1. The molecule has 0 spiro atoms. The number of nitrogens with one attached hydrogen (secondary N) is 2. The van der Waals surface area contributed by atoms with Gasteiger partial charge in [0.1, 0.15) is 5.69 Å². The van der Waals surface area contributed by atoms with Gasteiger partial charge in [-0.3, -0.25) is 0 Å². The molecular weight excluding hydrogens is 260 g/mol. The first-order valence-electron chi connectivity index (χ1n) is 6.71. The molecule has 0 aromatic carbocycles. The van der Waals surface area contributed by atoms with Crippen molar-refractivity contribution in [3.8, 4) is 0 Å². The zero-order valence-corrected chi connectivity index (χ0v) is 12.4. The smallest absolute Gasteiger partial charge is 0.354 e. The molecule has 19 heavy (non-hydrogen) atoms. The predicted octanol–water partition coefficient (Wildman–Crippen LogP) is 2.57. The Morgan fingerprint density at radius 2 is 2.21 bits per heavy atom. The van der Waals surface area contributed by atoms with Crippen LogP contribution < -0.4 is 5.32 Å². The number of hydrogen-bond acceptors (Lipinski definition) is 4. The van der Waals surface area contributed by atoms with Crippen LogP contribution in [0.5, 0.6) is 0 Å². The zero-order valence-electron chi connectivity index (χ0n) is 11.6. The first-order valence-corrected chi connectivity index (χ1v) is 7.94. The molecule has 2 rings (SSSR count). The third kappa shape index (κ3) is 3.54. The van der Waals surface area contributed by atoms with Crippen molar-refractivity contribution < 1.29 is 9.53 Å². The first kappa shape index (κ1) is 14.5. The minimum atomic E-state index is -0.317. The van der Waals surface area contributed by atoms with Gasteiger partial charge < -0.3 is 15.0 Å². The molecule has 2 N–H and O–H groups in total. The van der Waals surface area contributed by atoms with Gasteiger partial charge in [-0.2, -0.15) is 11.8 Å². The van der Waals surface area contributed by atoms with Gasteiger partial charge in [-0.1, -0.05) is 12.8 Å². The molecule has 0 aliphatic heterocycles. The molecule has 1 fully saturated rings. The number of thioether (sulfide) groups is 1. The average Bonchev–Trinajstić information content (AvgIpc) is 3.08. The van der Waals surface area contributed by atoms with Crippen LogP contribution in [-0.4, -0.2) is 35.6 Å². The fraction of sp³-hybridized carbons (Fsp3) is 0.643. The van der Waals surface area contributed by atoms with Crippen LogP contribution in [0.15, 0.2) is 12.1 Å². The second kappa shape index (κ2) is 6.48. The number of carbonyl (C=O) groups is 1. The monoisotopic (exact) mass is 282 g/mol. The van der Waals surface area contributed by atoms with Crippen LogP contribution in [0.3, 0.4) is 0 Å². The highest BCUT2D eigenvalue weighted by atomic mass is 32.2. The van der Waals surface area contributed by atoms with Gasteiger partial charge >= 0.3 is 5.97 Å². The van der Waals surface area contributed by atoms with Crippen LogP contribution >= 0.6 is 11.8 Å². The van der Waals surface area contributed by atoms with Gasteiger partial charge in [0.25, 0.3) is 0 Å². The number of ether oxygens (including phenoxy) is 1. The summed E-state index contributed by atoms with van der Waals surface area (Å²) in [6, 6.07) is 3.70. The fourth-order valence-corrected chi connectivity index (χ4v) is 3.61. The number of aromatic amines is 1. The molecule has 0 bridgehead atoms. The number of carbonyl (C=O) groups excluding carboxylic acids is 1. The zero-order chi connectivity index (χ0) is 13.7. The number of methoxy groups -OCH3 is 1. The number of H-pyrrole nitrogens is 1. The third-order valence-corrected chi connectivity index (χ3v) is 5.28. The van der Waals surface area contributed by atoms with E-state index in [0.717, 1.165) is 18.8 Å². The summed E-state index contributed by atoms with van der Waals surface area (Å²) in [4.78, 5) is 14.4. The third-order valence-electron chi connectivity index (χ3n) is 3.86. The lowest BCUT2D eigenvalue weighted by molar-refractivity contribution is 0.0594. The van der Waals surface area contributed by atoms with Crippen molar-refractivity contribution in [1.29, 1.82) is 0 Å². The van der Waals surface area contributed by atoms with Gasteiger partial charge in [0.05, 0.1) is 7.11 Å². The lowest BCUT2D eigenvalue weighted by atomic mass is 10.1. The Bertz CT molecular complexity index is 425. The van der Waals surface area contributed by atoms with Gasteiger partial charge in [-0.25, -0.2) is 4.79 Å². The molecule has 1 aliphatic carbocycles. The van der Waals surface area contributed by atoms with Crippen molar-refractivity contribution in [2.45, 2.75) is 37.0 Å². The molecule has 1 saturated carbocycles. The highest BCUT2D eigenvalue weighted by Gasteiger charge is 2.32. The van der Waals surface area contributed by atoms with Crippen LogP contribution in [0.2, 0.25) is 0 Å². The summed E-state index contributed by atoms with van der Waals surface area (Å²) in [7, 11) is 1.39. The minimum Gasteiger partial charge on any atom is -0.464 e. The average molecular weight is 282 g/mol. The topological polar surface area (TPSA) is 54.1 Å². The van der Waals surface area contributed by atoms with Gasteiger partial charge in [0.2, 0.25) is 0 Å². The Morgan fingerprint density at radius 3 is 2.84 bits per heavy atom. The van der Waals surface area contributed by atoms with Crippen molar-refractivity contribution in [2.75, 3.05) is 19.9 Å². The largest absolute Gasteiger partial charge is 0.464 e. The Morgan fingerprint density at radius 1 is 1.47 bits per heavy atom. The van der Waals surface area contributed by atoms with E-state index in [0.29, 0.717) is 10.4 Å². The molecule has 0 amide bonds. The molecule has 1 heterocycles. The lowest BCUT2D eigenvalue weighted by Gasteiger charge is -2.26. The van der Waals surface area contributed by atoms with Crippen LogP contribution in [-0.2, 0) is 11.3 Å². The second-order valence-electron chi connectivity index (χ2n) is 5.09. The molecule has 0 radical (unpaired) electrons.